The first kappa shape index (κ1) is 12.8. The van der Waals surface area contributed by atoms with Crippen LogP contribution in [0.5, 0.6) is 0 Å². The van der Waals surface area contributed by atoms with E-state index in [2.05, 4.69) is 5.32 Å². The van der Waals surface area contributed by atoms with Gasteiger partial charge in [-0.25, -0.2) is 0 Å². The van der Waals surface area contributed by atoms with Gasteiger partial charge in [0.1, 0.15) is 0 Å². The van der Waals surface area contributed by atoms with Crippen LogP contribution in [-0.4, -0.2) is 31.4 Å². The lowest BCUT2D eigenvalue weighted by molar-refractivity contribution is -0.128. The van der Waals surface area contributed by atoms with E-state index in [1.165, 1.54) is 0 Å². The lowest BCUT2D eigenvalue weighted by atomic mass is 10.2. The van der Waals surface area contributed by atoms with Gasteiger partial charge in [-0.15, -0.1) is 0 Å². The fourth-order valence-corrected chi connectivity index (χ4v) is 1.39. The Bertz CT molecular complexity index is 335. The molecule has 0 aromatic heterocycles. The fourth-order valence-electron chi connectivity index (χ4n) is 1.26. The molecule has 88 valence electrons. The second kappa shape index (κ2) is 6.38. The number of carbonyl (C=O) groups excluding carboxylic acids is 1. The lowest BCUT2D eigenvalue weighted by Crippen LogP contribution is -2.21. The molecule has 0 spiro atoms. The number of hydrogen-bond donors (Lipinski definition) is 1. The molecule has 16 heavy (non-hydrogen) atoms. The number of halogens is 1. The van der Waals surface area contributed by atoms with Gasteiger partial charge in [0.15, 0.2) is 0 Å². The van der Waals surface area contributed by atoms with Gasteiger partial charge >= 0.3 is 0 Å². The van der Waals surface area contributed by atoms with Crippen LogP contribution in [0.15, 0.2) is 24.3 Å². The summed E-state index contributed by atoms with van der Waals surface area (Å²) in [6.07, 6.45) is 1.41. The summed E-state index contributed by atoms with van der Waals surface area (Å²) in [5.74, 6) is 0.165. The predicted octanol–water partition coefficient (Wildman–Crippen LogP) is 2.62. The summed E-state index contributed by atoms with van der Waals surface area (Å²) in [7, 11) is 3.55. The van der Waals surface area contributed by atoms with Crippen LogP contribution in [-0.2, 0) is 4.79 Å². The smallest absolute Gasteiger partial charge is 0.222 e. The third-order valence-electron chi connectivity index (χ3n) is 2.24. The molecule has 0 heterocycles. The van der Waals surface area contributed by atoms with E-state index >= 15 is 0 Å². The molecular weight excluding hydrogens is 224 g/mol. The molecule has 4 heteroatoms. The van der Waals surface area contributed by atoms with Crippen LogP contribution >= 0.6 is 11.6 Å². The van der Waals surface area contributed by atoms with Crippen LogP contribution in [0.2, 0.25) is 5.02 Å². The van der Waals surface area contributed by atoms with E-state index in [1.807, 2.05) is 24.3 Å². The van der Waals surface area contributed by atoms with Gasteiger partial charge in [-0.2, -0.15) is 0 Å². The maximum atomic E-state index is 11.3. The van der Waals surface area contributed by atoms with E-state index in [4.69, 9.17) is 11.6 Å². The van der Waals surface area contributed by atoms with Crippen molar-refractivity contribution in [3.8, 4) is 0 Å². The molecule has 0 aliphatic heterocycles. The SMILES string of the molecule is CN(C)C(=O)CCCNc1ccc(Cl)cc1. The van der Waals surface area contributed by atoms with Crippen molar-refractivity contribution in [2.75, 3.05) is 26.0 Å². The molecule has 1 amide bonds. The summed E-state index contributed by atoms with van der Waals surface area (Å²) in [4.78, 5) is 12.9. The highest BCUT2D eigenvalue weighted by Crippen LogP contribution is 2.13. The highest BCUT2D eigenvalue weighted by Gasteiger charge is 2.02. The number of nitrogens with zero attached hydrogens (tertiary/aromatic N) is 1. The maximum absolute atomic E-state index is 11.3. The molecular formula is C12H17ClN2O. The molecule has 0 saturated heterocycles. The van der Waals surface area contributed by atoms with Gasteiger partial charge in [-0.1, -0.05) is 11.6 Å². The molecule has 0 radical (unpaired) electrons. The average molecular weight is 241 g/mol. The summed E-state index contributed by atoms with van der Waals surface area (Å²) in [5.41, 5.74) is 1.03. The molecule has 1 aromatic rings. The van der Waals surface area contributed by atoms with Crippen LogP contribution in [0.25, 0.3) is 0 Å². The minimum absolute atomic E-state index is 0.165. The summed E-state index contributed by atoms with van der Waals surface area (Å²) in [6.45, 7) is 0.793. The van der Waals surface area contributed by atoms with Gasteiger partial charge in [-0.3, -0.25) is 4.79 Å². The Morgan fingerprint density at radius 3 is 2.50 bits per heavy atom. The van der Waals surface area contributed by atoms with Gasteiger partial charge < -0.3 is 10.2 Å². The number of nitrogens with one attached hydrogen (secondary N) is 1. The number of hydrogen-bond acceptors (Lipinski definition) is 2. The Morgan fingerprint density at radius 2 is 1.94 bits per heavy atom. The van der Waals surface area contributed by atoms with E-state index in [-0.39, 0.29) is 5.91 Å². The van der Waals surface area contributed by atoms with Crippen molar-refractivity contribution in [3.63, 3.8) is 0 Å². The topological polar surface area (TPSA) is 32.3 Å². The number of rotatable bonds is 5. The Hall–Kier alpha value is -1.22. The molecule has 1 rings (SSSR count). The van der Waals surface area contributed by atoms with E-state index in [0.29, 0.717) is 6.42 Å². The molecule has 0 aliphatic carbocycles. The normalized spacial score (nSPS) is 9.94. The fraction of sp³-hybridized carbons (Fsp3) is 0.417. The minimum Gasteiger partial charge on any atom is -0.385 e. The Balaban J connectivity index is 2.21. The summed E-state index contributed by atoms with van der Waals surface area (Å²) < 4.78 is 0. The van der Waals surface area contributed by atoms with Crippen molar-refractivity contribution in [1.82, 2.24) is 4.90 Å². The number of carbonyl (C=O) groups is 1. The van der Waals surface area contributed by atoms with E-state index < -0.39 is 0 Å². The molecule has 0 atom stereocenters. The zero-order valence-corrected chi connectivity index (χ0v) is 10.4. The van der Waals surface area contributed by atoms with Crippen molar-refractivity contribution in [2.45, 2.75) is 12.8 Å². The zero-order valence-electron chi connectivity index (χ0n) is 9.66. The van der Waals surface area contributed by atoms with Gasteiger partial charge in [0, 0.05) is 37.8 Å². The standard InChI is InChI=1S/C12H17ClN2O/c1-15(2)12(16)4-3-9-14-11-7-5-10(13)6-8-11/h5-8,14H,3-4,9H2,1-2H3. The second-order valence-electron chi connectivity index (χ2n) is 3.83. The van der Waals surface area contributed by atoms with Gasteiger partial charge in [0.2, 0.25) is 5.91 Å². The molecule has 1 N–H and O–H groups in total. The third kappa shape index (κ3) is 4.53. The Kier molecular flexibility index (Phi) is 5.12. The predicted molar refractivity (Wildman–Crippen MR) is 67.9 cm³/mol. The van der Waals surface area contributed by atoms with E-state index in [0.717, 1.165) is 23.7 Å². The van der Waals surface area contributed by atoms with Crippen LogP contribution in [0.1, 0.15) is 12.8 Å². The quantitative estimate of drug-likeness (QED) is 0.803. The van der Waals surface area contributed by atoms with Crippen LogP contribution in [0.4, 0.5) is 5.69 Å². The van der Waals surface area contributed by atoms with Gasteiger partial charge in [0.25, 0.3) is 0 Å². The number of amides is 1. The van der Waals surface area contributed by atoms with Crippen molar-refractivity contribution in [3.05, 3.63) is 29.3 Å². The largest absolute Gasteiger partial charge is 0.385 e. The number of anilines is 1. The van der Waals surface area contributed by atoms with Crippen molar-refractivity contribution in [1.29, 1.82) is 0 Å². The summed E-state index contributed by atoms with van der Waals surface area (Å²) in [6, 6.07) is 7.54. The van der Waals surface area contributed by atoms with Gasteiger partial charge in [0.05, 0.1) is 0 Å². The Morgan fingerprint density at radius 1 is 1.31 bits per heavy atom. The first-order valence-corrected chi connectivity index (χ1v) is 5.67. The highest BCUT2D eigenvalue weighted by molar-refractivity contribution is 6.30. The zero-order chi connectivity index (χ0) is 12.0. The molecule has 3 nitrogen and oxygen atoms in total. The summed E-state index contributed by atoms with van der Waals surface area (Å²) >= 11 is 5.77. The van der Waals surface area contributed by atoms with Gasteiger partial charge in [-0.05, 0) is 30.7 Å². The minimum atomic E-state index is 0.165. The molecule has 0 saturated carbocycles. The molecule has 1 aromatic carbocycles. The van der Waals surface area contributed by atoms with Crippen molar-refractivity contribution < 1.29 is 4.79 Å². The molecule has 0 fully saturated rings. The molecule has 0 unspecified atom stereocenters. The highest BCUT2D eigenvalue weighted by atomic mass is 35.5. The molecule has 0 bridgehead atoms. The van der Waals surface area contributed by atoms with Crippen LogP contribution < -0.4 is 5.32 Å². The monoisotopic (exact) mass is 240 g/mol. The van der Waals surface area contributed by atoms with E-state index in [1.54, 1.807) is 19.0 Å². The van der Waals surface area contributed by atoms with Crippen molar-refractivity contribution >= 4 is 23.2 Å². The Labute approximate surface area is 101 Å². The first-order chi connectivity index (χ1) is 7.59. The molecule has 0 aliphatic rings. The first-order valence-electron chi connectivity index (χ1n) is 5.29. The lowest BCUT2D eigenvalue weighted by Gasteiger charge is -2.10. The summed E-state index contributed by atoms with van der Waals surface area (Å²) in [5, 5.41) is 3.97. The third-order valence-corrected chi connectivity index (χ3v) is 2.49. The van der Waals surface area contributed by atoms with Crippen molar-refractivity contribution in [2.24, 2.45) is 0 Å². The van der Waals surface area contributed by atoms with Crippen LogP contribution in [0.3, 0.4) is 0 Å². The maximum Gasteiger partial charge on any atom is 0.222 e. The second-order valence-corrected chi connectivity index (χ2v) is 4.26. The van der Waals surface area contributed by atoms with E-state index in [9.17, 15) is 4.79 Å². The number of benzene rings is 1. The average Bonchev–Trinajstić information content (AvgIpc) is 2.26. The van der Waals surface area contributed by atoms with Crippen LogP contribution in [0, 0.1) is 0 Å².